The zero-order valence-electron chi connectivity index (χ0n) is 10.4. The number of rotatable bonds is 6. The van der Waals surface area contributed by atoms with E-state index in [2.05, 4.69) is 0 Å². The van der Waals surface area contributed by atoms with Crippen LogP contribution in [0.3, 0.4) is 0 Å². The zero-order valence-corrected chi connectivity index (χ0v) is 10.4. The molecule has 0 aliphatic carbocycles. The highest BCUT2D eigenvalue weighted by molar-refractivity contribution is 5.78. The number of hydrogen-bond donors (Lipinski definition) is 1. The third-order valence-corrected chi connectivity index (χ3v) is 2.72. The van der Waals surface area contributed by atoms with Gasteiger partial charge in [-0.1, -0.05) is 0 Å². The van der Waals surface area contributed by atoms with Crippen LogP contribution in [0.4, 0.5) is 0 Å². The molecule has 17 heavy (non-hydrogen) atoms. The number of nitrogens with zero attached hydrogens (tertiary/aromatic N) is 2. The first-order valence-electron chi connectivity index (χ1n) is 5.74. The molecule has 1 rings (SSSR count). The summed E-state index contributed by atoms with van der Waals surface area (Å²) >= 11 is 0. The number of carbonyl (C=O) groups excluding carboxylic acids is 1. The van der Waals surface area contributed by atoms with Crippen molar-refractivity contribution in [1.29, 1.82) is 0 Å². The van der Waals surface area contributed by atoms with Crippen LogP contribution in [0.5, 0.6) is 0 Å². The van der Waals surface area contributed by atoms with Crippen molar-refractivity contribution >= 4 is 11.9 Å². The molecule has 0 aromatic carbocycles. The van der Waals surface area contributed by atoms with Crippen LogP contribution >= 0.6 is 0 Å². The maximum Gasteiger partial charge on any atom is 0.329 e. The van der Waals surface area contributed by atoms with Crippen molar-refractivity contribution in [3.63, 3.8) is 0 Å². The van der Waals surface area contributed by atoms with Gasteiger partial charge in [-0.05, 0) is 26.9 Å². The molecule has 1 aliphatic heterocycles. The molecule has 1 saturated heterocycles. The monoisotopic (exact) mass is 244 g/mol. The molecule has 1 N–H and O–H groups in total. The Hall–Kier alpha value is -1.14. The topological polar surface area (TPSA) is 70.1 Å². The largest absolute Gasteiger partial charge is 0.480 e. The van der Waals surface area contributed by atoms with E-state index in [-0.39, 0.29) is 18.6 Å². The van der Waals surface area contributed by atoms with Crippen LogP contribution in [0.15, 0.2) is 0 Å². The summed E-state index contributed by atoms with van der Waals surface area (Å²) in [6.07, 6.45) is 2.01. The SMILES string of the molecule is CN(C)CC1CCCN1C(=O)COCC(=O)O. The fraction of sp³-hybridized carbons (Fsp3) is 0.818. The van der Waals surface area contributed by atoms with Gasteiger partial charge in [0.2, 0.25) is 5.91 Å². The molecule has 1 amide bonds. The summed E-state index contributed by atoms with van der Waals surface area (Å²) in [4.78, 5) is 25.9. The number of amides is 1. The second-order valence-corrected chi connectivity index (χ2v) is 4.53. The Kier molecular flexibility index (Phi) is 5.37. The van der Waals surface area contributed by atoms with E-state index in [1.165, 1.54) is 0 Å². The van der Waals surface area contributed by atoms with Crippen LogP contribution in [-0.4, -0.2) is 73.2 Å². The molecule has 1 aliphatic rings. The average Bonchev–Trinajstić information content (AvgIpc) is 2.64. The van der Waals surface area contributed by atoms with Crippen molar-refractivity contribution in [2.45, 2.75) is 18.9 Å². The van der Waals surface area contributed by atoms with Crippen molar-refractivity contribution in [1.82, 2.24) is 9.80 Å². The first kappa shape index (κ1) is 13.9. The van der Waals surface area contributed by atoms with Crippen LogP contribution < -0.4 is 0 Å². The van der Waals surface area contributed by atoms with E-state index in [1.54, 1.807) is 4.90 Å². The summed E-state index contributed by atoms with van der Waals surface area (Å²) in [6.45, 7) is 1.02. The molecule has 0 aromatic rings. The highest BCUT2D eigenvalue weighted by Gasteiger charge is 2.28. The number of carboxylic acids is 1. The summed E-state index contributed by atoms with van der Waals surface area (Å²) in [5.74, 6) is -1.17. The maximum absolute atomic E-state index is 11.8. The van der Waals surface area contributed by atoms with E-state index in [9.17, 15) is 9.59 Å². The van der Waals surface area contributed by atoms with Crippen LogP contribution in [0.25, 0.3) is 0 Å². The van der Waals surface area contributed by atoms with Crippen LogP contribution in [0, 0.1) is 0 Å². The predicted octanol–water partition coefficient (Wildman–Crippen LogP) is -0.360. The van der Waals surface area contributed by atoms with Crippen molar-refractivity contribution < 1.29 is 19.4 Å². The molecule has 98 valence electrons. The highest BCUT2D eigenvalue weighted by atomic mass is 16.5. The number of carboxylic acid groups (broad SMARTS) is 1. The molecule has 1 atom stereocenters. The lowest BCUT2D eigenvalue weighted by molar-refractivity contribution is -0.146. The molecule has 1 heterocycles. The minimum atomic E-state index is -1.05. The first-order valence-corrected chi connectivity index (χ1v) is 5.74. The zero-order chi connectivity index (χ0) is 12.8. The second-order valence-electron chi connectivity index (χ2n) is 4.53. The number of aliphatic carboxylic acids is 1. The summed E-state index contributed by atoms with van der Waals surface area (Å²) in [5, 5.41) is 8.41. The third kappa shape index (κ3) is 4.70. The van der Waals surface area contributed by atoms with Gasteiger partial charge in [0.25, 0.3) is 0 Å². The minimum Gasteiger partial charge on any atom is -0.480 e. The minimum absolute atomic E-state index is 0.115. The molecular formula is C11H20N2O4. The molecule has 0 saturated carbocycles. The van der Waals surface area contributed by atoms with Gasteiger partial charge < -0.3 is 19.6 Å². The first-order chi connectivity index (χ1) is 8.00. The van der Waals surface area contributed by atoms with Gasteiger partial charge in [-0.15, -0.1) is 0 Å². The molecule has 0 aromatic heterocycles. The highest BCUT2D eigenvalue weighted by Crippen LogP contribution is 2.17. The Morgan fingerprint density at radius 3 is 2.71 bits per heavy atom. The Morgan fingerprint density at radius 2 is 2.12 bits per heavy atom. The van der Waals surface area contributed by atoms with E-state index >= 15 is 0 Å². The van der Waals surface area contributed by atoms with Gasteiger partial charge in [0.15, 0.2) is 0 Å². The average molecular weight is 244 g/mol. The molecular weight excluding hydrogens is 224 g/mol. The normalized spacial score (nSPS) is 19.9. The predicted molar refractivity (Wildman–Crippen MR) is 61.7 cm³/mol. The van der Waals surface area contributed by atoms with Gasteiger partial charge in [0, 0.05) is 19.1 Å². The van der Waals surface area contributed by atoms with E-state index < -0.39 is 12.6 Å². The number of hydrogen-bond acceptors (Lipinski definition) is 4. The molecule has 0 radical (unpaired) electrons. The van der Waals surface area contributed by atoms with Crippen molar-refractivity contribution in [3.05, 3.63) is 0 Å². The standard InChI is InChI=1S/C11H20N2O4/c1-12(2)6-9-4-3-5-13(9)10(14)7-17-8-11(15)16/h9H,3-8H2,1-2H3,(H,15,16). The van der Waals surface area contributed by atoms with Gasteiger partial charge >= 0.3 is 5.97 Å². The summed E-state index contributed by atoms with van der Waals surface area (Å²) in [5.41, 5.74) is 0. The molecule has 6 nitrogen and oxygen atoms in total. The number of likely N-dealkylation sites (N-methyl/N-ethyl adjacent to an activating group) is 1. The van der Waals surface area contributed by atoms with E-state index in [0.29, 0.717) is 0 Å². The maximum atomic E-state index is 11.8. The van der Waals surface area contributed by atoms with Gasteiger partial charge in [0.05, 0.1) is 0 Å². The molecule has 0 bridgehead atoms. The van der Waals surface area contributed by atoms with Gasteiger partial charge in [-0.25, -0.2) is 4.79 Å². The summed E-state index contributed by atoms with van der Waals surface area (Å²) in [7, 11) is 3.95. The van der Waals surface area contributed by atoms with Gasteiger partial charge in [0.1, 0.15) is 13.2 Å². The van der Waals surface area contributed by atoms with Crippen LogP contribution in [-0.2, 0) is 14.3 Å². The molecule has 1 unspecified atom stereocenters. The van der Waals surface area contributed by atoms with Crippen molar-refractivity contribution in [2.75, 3.05) is 40.4 Å². The van der Waals surface area contributed by atoms with Crippen molar-refractivity contribution in [3.8, 4) is 0 Å². The van der Waals surface area contributed by atoms with Crippen LogP contribution in [0.2, 0.25) is 0 Å². The summed E-state index contributed by atoms with van der Waals surface area (Å²) < 4.78 is 4.82. The van der Waals surface area contributed by atoms with Crippen molar-refractivity contribution in [2.24, 2.45) is 0 Å². The van der Waals surface area contributed by atoms with E-state index in [0.717, 1.165) is 25.9 Å². The fourth-order valence-corrected chi connectivity index (χ4v) is 2.08. The lowest BCUT2D eigenvalue weighted by Gasteiger charge is -2.27. The lowest BCUT2D eigenvalue weighted by atomic mass is 10.2. The van der Waals surface area contributed by atoms with E-state index in [1.807, 2.05) is 19.0 Å². The van der Waals surface area contributed by atoms with Gasteiger partial charge in [-0.2, -0.15) is 0 Å². The number of ether oxygens (including phenoxy) is 1. The number of likely N-dealkylation sites (tertiary alicyclic amines) is 1. The van der Waals surface area contributed by atoms with Gasteiger partial charge in [-0.3, -0.25) is 4.79 Å². The molecule has 0 spiro atoms. The quantitative estimate of drug-likeness (QED) is 0.691. The Labute approximate surface area is 101 Å². The Bertz CT molecular complexity index is 281. The number of carbonyl (C=O) groups is 2. The smallest absolute Gasteiger partial charge is 0.329 e. The Morgan fingerprint density at radius 1 is 1.41 bits per heavy atom. The lowest BCUT2D eigenvalue weighted by Crippen LogP contribution is -2.43. The third-order valence-electron chi connectivity index (χ3n) is 2.72. The molecule has 6 heteroatoms. The second kappa shape index (κ2) is 6.56. The Balaban J connectivity index is 2.36. The fourth-order valence-electron chi connectivity index (χ4n) is 2.08. The van der Waals surface area contributed by atoms with Crippen LogP contribution in [0.1, 0.15) is 12.8 Å². The molecule has 1 fully saturated rings. The summed E-state index contributed by atoms with van der Waals surface area (Å²) in [6, 6.07) is 0.228. The van der Waals surface area contributed by atoms with E-state index in [4.69, 9.17) is 9.84 Å².